The fourth-order valence-electron chi connectivity index (χ4n) is 3.12. The number of hydrogen-bond donors (Lipinski definition) is 1. The Balaban J connectivity index is 1.51. The van der Waals surface area contributed by atoms with Gasteiger partial charge in [-0.15, -0.1) is 0 Å². The molecule has 1 aliphatic rings. The molecule has 1 aliphatic heterocycles. The monoisotopic (exact) mass is 404 g/mol. The molecule has 0 unspecified atom stereocenters. The normalized spacial score (nSPS) is 16.4. The third kappa shape index (κ3) is 3.68. The Bertz CT molecular complexity index is 1010. The molecule has 2 heterocycles. The van der Waals surface area contributed by atoms with Crippen LogP contribution in [0.25, 0.3) is 11.4 Å². The van der Waals surface area contributed by atoms with E-state index in [-0.39, 0.29) is 11.7 Å². The molecule has 0 spiro atoms. The number of aromatic nitrogens is 2. The van der Waals surface area contributed by atoms with Crippen LogP contribution in [0.1, 0.15) is 24.8 Å². The molecule has 28 heavy (non-hydrogen) atoms. The molecule has 2 amide bonds. The van der Waals surface area contributed by atoms with E-state index >= 15 is 0 Å². The number of carbonyl (C=O) groups is 1. The fraction of sp³-hybridized carbons (Fsp3) is 0.211. The first kappa shape index (κ1) is 18.4. The minimum absolute atomic E-state index is 0.168. The van der Waals surface area contributed by atoms with Crippen LogP contribution in [-0.4, -0.2) is 27.6 Å². The zero-order chi connectivity index (χ0) is 19.7. The maximum atomic E-state index is 13.4. The highest BCUT2D eigenvalue weighted by Crippen LogP contribution is 2.32. The van der Waals surface area contributed by atoms with Gasteiger partial charge >= 0.3 is 6.03 Å². The zero-order valence-corrected chi connectivity index (χ0v) is 15.3. The van der Waals surface area contributed by atoms with Crippen LogP contribution in [0.3, 0.4) is 0 Å². The molecular weight excluding hydrogens is 390 g/mol. The number of likely N-dealkylation sites (tertiary alicyclic amines) is 1. The van der Waals surface area contributed by atoms with E-state index in [0.717, 1.165) is 24.1 Å². The quantitative estimate of drug-likeness (QED) is 0.664. The Hall–Kier alpha value is -3.00. The van der Waals surface area contributed by atoms with E-state index in [2.05, 4.69) is 15.5 Å². The Kier molecular flexibility index (Phi) is 4.95. The van der Waals surface area contributed by atoms with Gasteiger partial charge in [-0.2, -0.15) is 4.98 Å². The first-order valence-electron chi connectivity index (χ1n) is 8.63. The number of amides is 2. The Labute approximate surface area is 164 Å². The Morgan fingerprint density at radius 3 is 2.71 bits per heavy atom. The lowest BCUT2D eigenvalue weighted by Gasteiger charge is -2.22. The predicted molar refractivity (Wildman–Crippen MR) is 98.8 cm³/mol. The van der Waals surface area contributed by atoms with E-state index in [1.807, 2.05) is 0 Å². The van der Waals surface area contributed by atoms with Crippen molar-refractivity contribution in [3.05, 3.63) is 65.0 Å². The van der Waals surface area contributed by atoms with Gasteiger partial charge in [0, 0.05) is 28.9 Å². The molecule has 0 saturated carbocycles. The minimum Gasteiger partial charge on any atom is -0.337 e. The van der Waals surface area contributed by atoms with E-state index in [4.69, 9.17) is 16.1 Å². The van der Waals surface area contributed by atoms with Gasteiger partial charge in [-0.1, -0.05) is 16.8 Å². The molecule has 2 aromatic carbocycles. The van der Waals surface area contributed by atoms with Crippen LogP contribution in [-0.2, 0) is 0 Å². The number of hydrogen-bond acceptors (Lipinski definition) is 4. The number of nitrogens with zero attached hydrogens (tertiary/aromatic N) is 3. The van der Waals surface area contributed by atoms with Gasteiger partial charge in [-0.05, 0) is 49.2 Å². The summed E-state index contributed by atoms with van der Waals surface area (Å²) in [6.07, 6.45) is 1.42. The summed E-state index contributed by atoms with van der Waals surface area (Å²) in [5.41, 5.74) is 0.914. The molecule has 4 rings (SSSR count). The molecule has 0 bridgehead atoms. The predicted octanol–water partition coefficient (Wildman–Crippen LogP) is 5.04. The fourth-order valence-corrected chi connectivity index (χ4v) is 3.25. The topological polar surface area (TPSA) is 71.3 Å². The maximum absolute atomic E-state index is 13.4. The lowest BCUT2D eigenvalue weighted by Crippen LogP contribution is -2.34. The highest BCUT2D eigenvalue weighted by Gasteiger charge is 2.34. The van der Waals surface area contributed by atoms with Gasteiger partial charge in [0.15, 0.2) is 11.6 Å². The first-order chi connectivity index (χ1) is 13.5. The van der Waals surface area contributed by atoms with Crippen LogP contribution in [0.4, 0.5) is 19.3 Å². The smallest absolute Gasteiger partial charge is 0.322 e. The van der Waals surface area contributed by atoms with Gasteiger partial charge < -0.3 is 14.7 Å². The average Bonchev–Trinajstić information content (AvgIpc) is 3.34. The summed E-state index contributed by atoms with van der Waals surface area (Å²) < 4.78 is 31.8. The van der Waals surface area contributed by atoms with Gasteiger partial charge in [0.05, 0.1) is 0 Å². The van der Waals surface area contributed by atoms with Crippen LogP contribution in [0.2, 0.25) is 5.02 Å². The van der Waals surface area contributed by atoms with E-state index < -0.39 is 17.7 Å². The van der Waals surface area contributed by atoms with Gasteiger partial charge in [0.25, 0.3) is 0 Å². The number of carbonyl (C=O) groups excluding carboxylic acids is 1. The standard InChI is InChI=1S/C19H15ClF2N4O2/c20-12-5-3-11(4-6-12)17-24-18(28-25-17)16-2-1-9-26(16)19(27)23-13-7-8-14(21)15(22)10-13/h3-8,10,16H,1-2,9H2,(H,23,27)/t16-/m0/s1. The Morgan fingerprint density at radius 1 is 1.18 bits per heavy atom. The molecular formula is C19H15ClF2N4O2. The largest absolute Gasteiger partial charge is 0.337 e. The number of rotatable bonds is 3. The average molecular weight is 405 g/mol. The van der Waals surface area contributed by atoms with E-state index in [1.165, 1.54) is 6.07 Å². The molecule has 1 aromatic heterocycles. The Morgan fingerprint density at radius 2 is 1.96 bits per heavy atom. The number of urea groups is 1. The first-order valence-corrected chi connectivity index (χ1v) is 9.01. The van der Waals surface area contributed by atoms with Crippen LogP contribution in [0.15, 0.2) is 47.0 Å². The highest BCUT2D eigenvalue weighted by molar-refractivity contribution is 6.30. The van der Waals surface area contributed by atoms with Gasteiger partial charge in [0.2, 0.25) is 11.7 Å². The molecule has 0 aliphatic carbocycles. The molecule has 1 fully saturated rings. The van der Waals surface area contributed by atoms with Crippen molar-refractivity contribution < 1.29 is 18.1 Å². The number of halogens is 3. The van der Waals surface area contributed by atoms with Crippen molar-refractivity contribution in [3.8, 4) is 11.4 Å². The van der Waals surface area contributed by atoms with Crippen LogP contribution >= 0.6 is 11.6 Å². The van der Waals surface area contributed by atoms with E-state index in [9.17, 15) is 13.6 Å². The summed E-state index contributed by atoms with van der Waals surface area (Å²) in [4.78, 5) is 18.6. The van der Waals surface area contributed by atoms with Crippen LogP contribution < -0.4 is 5.32 Å². The number of nitrogens with one attached hydrogen (secondary N) is 1. The third-order valence-electron chi connectivity index (χ3n) is 4.51. The molecule has 0 radical (unpaired) electrons. The van der Waals surface area contributed by atoms with Crippen LogP contribution in [0, 0.1) is 11.6 Å². The second-order valence-electron chi connectivity index (χ2n) is 6.37. The molecule has 3 aromatic rings. The summed E-state index contributed by atoms with van der Waals surface area (Å²) in [6, 6.07) is 9.37. The summed E-state index contributed by atoms with van der Waals surface area (Å²) >= 11 is 5.89. The minimum atomic E-state index is -1.03. The number of benzene rings is 2. The number of anilines is 1. The second kappa shape index (κ2) is 7.55. The van der Waals surface area contributed by atoms with Gasteiger partial charge in [0.1, 0.15) is 6.04 Å². The summed E-state index contributed by atoms with van der Waals surface area (Å²) in [7, 11) is 0. The van der Waals surface area contributed by atoms with E-state index in [0.29, 0.717) is 29.7 Å². The third-order valence-corrected chi connectivity index (χ3v) is 4.77. The molecule has 9 heteroatoms. The molecule has 1 atom stereocenters. The van der Waals surface area contributed by atoms with Crippen molar-refractivity contribution in [1.82, 2.24) is 15.0 Å². The van der Waals surface area contributed by atoms with Crippen molar-refractivity contribution in [2.45, 2.75) is 18.9 Å². The zero-order valence-electron chi connectivity index (χ0n) is 14.5. The molecule has 1 N–H and O–H groups in total. The highest BCUT2D eigenvalue weighted by atomic mass is 35.5. The van der Waals surface area contributed by atoms with Crippen molar-refractivity contribution in [1.29, 1.82) is 0 Å². The van der Waals surface area contributed by atoms with Crippen molar-refractivity contribution in [3.63, 3.8) is 0 Å². The van der Waals surface area contributed by atoms with Crippen LogP contribution in [0.5, 0.6) is 0 Å². The summed E-state index contributed by atoms with van der Waals surface area (Å²) in [5, 5.41) is 7.15. The van der Waals surface area contributed by atoms with Gasteiger partial charge in [-0.3, -0.25) is 0 Å². The lowest BCUT2D eigenvalue weighted by atomic mass is 10.2. The molecule has 6 nitrogen and oxygen atoms in total. The van der Waals surface area contributed by atoms with Crippen molar-refractivity contribution in [2.75, 3.05) is 11.9 Å². The van der Waals surface area contributed by atoms with Gasteiger partial charge in [-0.25, -0.2) is 13.6 Å². The van der Waals surface area contributed by atoms with Crippen molar-refractivity contribution >= 4 is 23.3 Å². The summed E-state index contributed by atoms with van der Waals surface area (Å²) in [5.74, 6) is -1.28. The molecule has 144 valence electrons. The van der Waals surface area contributed by atoms with Crippen molar-refractivity contribution in [2.24, 2.45) is 0 Å². The second-order valence-corrected chi connectivity index (χ2v) is 6.81. The summed E-state index contributed by atoms with van der Waals surface area (Å²) in [6.45, 7) is 0.485. The molecule has 1 saturated heterocycles. The van der Waals surface area contributed by atoms with E-state index in [1.54, 1.807) is 29.2 Å². The SMILES string of the molecule is O=C(Nc1ccc(F)c(F)c1)N1CCC[C@H]1c1nc(-c2ccc(Cl)cc2)no1. The maximum Gasteiger partial charge on any atom is 0.322 e. The lowest BCUT2D eigenvalue weighted by molar-refractivity contribution is 0.193.